The molecule has 4 aromatic rings. The first-order chi connectivity index (χ1) is 14.5. The van der Waals surface area contributed by atoms with Crippen LogP contribution >= 0.6 is 11.6 Å². The van der Waals surface area contributed by atoms with Crippen molar-refractivity contribution >= 4 is 11.6 Å². The van der Waals surface area contributed by atoms with Crippen molar-refractivity contribution in [2.24, 2.45) is 0 Å². The minimum absolute atomic E-state index is 0.00830. The smallest absolute Gasteiger partial charge is 0.267 e. The van der Waals surface area contributed by atoms with Crippen LogP contribution in [0.3, 0.4) is 0 Å². The van der Waals surface area contributed by atoms with Gasteiger partial charge >= 0.3 is 0 Å². The molecule has 9 heteroatoms. The van der Waals surface area contributed by atoms with E-state index in [9.17, 15) is 9.18 Å². The molecule has 0 N–H and O–H groups in total. The molecule has 0 bridgehead atoms. The first kappa shape index (κ1) is 19.8. The fraction of sp³-hybridized carbons (Fsp3) is 0.143. The number of hydrogen-bond donors (Lipinski definition) is 0. The number of rotatable bonds is 6. The Morgan fingerprint density at radius 1 is 1.10 bits per heavy atom. The fourth-order valence-corrected chi connectivity index (χ4v) is 2.98. The standard InChI is InChI=1S/C21H16ClFN4O3/c1-2-29-15-6-3-13(4-7-15)18-9-10-20(28)27(25-18)12-19-24-21(26-30-19)14-5-8-17(23)16(22)11-14/h3-11H,2,12H2,1H3. The van der Waals surface area contributed by atoms with Crippen LogP contribution < -0.4 is 10.3 Å². The number of benzene rings is 2. The average molecular weight is 427 g/mol. The Balaban J connectivity index is 1.58. The molecule has 0 fully saturated rings. The van der Waals surface area contributed by atoms with Crippen LogP contribution in [0.1, 0.15) is 12.8 Å². The topological polar surface area (TPSA) is 83.0 Å². The molecule has 30 heavy (non-hydrogen) atoms. The molecule has 0 unspecified atom stereocenters. The molecule has 0 aliphatic heterocycles. The van der Waals surface area contributed by atoms with E-state index in [1.807, 2.05) is 31.2 Å². The van der Waals surface area contributed by atoms with Crippen molar-refractivity contribution in [3.8, 4) is 28.4 Å². The molecule has 0 aliphatic rings. The first-order valence-corrected chi connectivity index (χ1v) is 9.50. The molecule has 0 saturated heterocycles. The van der Waals surface area contributed by atoms with Crippen LogP contribution in [0.15, 0.2) is 63.9 Å². The molecular formula is C21H16ClFN4O3. The molecule has 152 valence electrons. The summed E-state index contributed by atoms with van der Waals surface area (Å²) in [6.45, 7) is 2.49. The summed E-state index contributed by atoms with van der Waals surface area (Å²) in [5.74, 6) is 0.645. The third-order valence-electron chi connectivity index (χ3n) is 4.26. The van der Waals surface area contributed by atoms with E-state index in [4.69, 9.17) is 20.9 Å². The third kappa shape index (κ3) is 4.23. The minimum Gasteiger partial charge on any atom is -0.494 e. The zero-order valence-electron chi connectivity index (χ0n) is 15.9. The van der Waals surface area contributed by atoms with Crippen molar-refractivity contribution < 1.29 is 13.7 Å². The summed E-state index contributed by atoms with van der Waals surface area (Å²) in [7, 11) is 0. The van der Waals surface area contributed by atoms with Gasteiger partial charge in [-0.1, -0.05) is 16.8 Å². The van der Waals surface area contributed by atoms with Crippen molar-refractivity contribution in [3.05, 3.63) is 81.7 Å². The summed E-state index contributed by atoms with van der Waals surface area (Å²) < 4.78 is 25.2. The van der Waals surface area contributed by atoms with E-state index < -0.39 is 5.82 Å². The first-order valence-electron chi connectivity index (χ1n) is 9.13. The molecule has 0 radical (unpaired) electrons. The highest BCUT2D eigenvalue weighted by Gasteiger charge is 2.13. The van der Waals surface area contributed by atoms with E-state index >= 15 is 0 Å². The highest BCUT2D eigenvalue weighted by Crippen LogP contribution is 2.23. The second-order valence-electron chi connectivity index (χ2n) is 6.31. The Morgan fingerprint density at radius 2 is 1.87 bits per heavy atom. The fourth-order valence-electron chi connectivity index (χ4n) is 2.80. The monoisotopic (exact) mass is 426 g/mol. The van der Waals surface area contributed by atoms with E-state index in [0.717, 1.165) is 11.3 Å². The van der Waals surface area contributed by atoms with Gasteiger partial charge in [-0.3, -0.25) is 4.79 Å². The number of aromatic nitrogens is 4. The molecule has 2 heterocycles. The lowest BCUT2D eigenvalue weighted by Gasteiger charge is -2.07. The van der Waals surface area contributed by atoms with E-state index in [1.54, 1.807) is 6.07 Å². The zero-order chi connectivity index (χ0) is 21.1. The summed E-state index contributed by atoms with van der Waals surface area (Å²) in [4.78, 5) is 16.5. The summed E-state index contributed by atoms with van der Waals surface area (Å²) >= 11 is 5.80. The van der Waals surface area contributed by atoms with E-state index in [0.29, 0.717) is 17.9 Å². The minimum atomic E-state index is -0.536. The maximum atomic E-state index is 13.3. The largest absolute Gasteiger partial charge is 0.494 e. The van der Waals surface area contributed by atoms with E-state index in [1.165, 1.54) is 28.9 Å². The molecule has 0 aliphatic carbocycles. The van der Waals surface area contributed by atoms with Crippen molar-refractivity contribution in [1.29, 1.82) is 0 Å². The van der Waals surface area contributed by atoms with E-state index in [2.05, 4.69) is 15.2 Å². The van der Waals surface area contributed by atoms with Crippen LogP contribution in [0.25, 0.3) is 22.6 Å². The van der Waals surface area contributed by atoms with Crippen molar-refractivity contribution in [3.63, 3.8) is 0 Å². The summed E-state index contributed by atoms with van der Waals surface area (Å²) in [6.07, 6.45) is 0. The van der Waals surface area contributed by atoms with Gasteiger partial charge in [-0.05, 0) is 55.5 Å². The predicted molar refractivity (Wildman–Crippen MR) is 109 cm³/mol. The predicted octanol–water partition coefficient (Wildman–Crippen LogP) is 4.20. The van der Waals surface area contributed by atoms with E-state index in [-0.39, 0.29) is 28.8 Å². The number of ether oxygens (including phenoxy) is 1. The van der Waals surface area contributed by atoms with Crippen molar-refractivity contribution in [1.82, 2.24) is 19.9 Å². The van der Waals surface area contributed by atoms with Gasteiger partial charge in [0.1, 0.15) is 18.1 Å². The Kier molecular flexibility index (Phi) is 5.58. The molecular weight excluding hydrogens is 411 g/mol. The van der Waals surface area contributed by atoms with Crippen LogP contribution in [-0.2, 0) is 6.54 Å². The number of nitrogens with zero attached hydrogens (tertiary/aromatic N) is 4. The lowest BCUT2D eigenvalue weighted by molar-refractivity contribution is 0.340. The van der Waals surface area contributed by atoms with Gasteiger partial charge in [-0.2, -0.15) is 10.1 Å². The lowest BCUT2D eigenvalue weighted by Crippen LogP contribution is -2.23. The molecule has 0 amide bonds. The maximum absolute atomic E-state index is 13.3. The van der Waals surface area contributed by atoms with Crippen molar-refractivity contribution in [2.45, 2.75) is 13.5 Å². The maximum Gasteiger partial charge on any atom is 0.267 e. The quantitative estimate of drug-likeness (QED) is 0.459. The number of halogens is 2. The average Bonchev–Trinajstić information content (AvgIpc) is 3.21. The lowest BCUT2D eigenvalue weighted by atomic mass is 10.1. The Morgan fingerprint density at radius 3 is 2.60 bits per heavy atom. The molecule has 4 rings (SSSR count). The van der Waals surface area contributed by atoms with Gasteiger partial charge in [0, 0.05) is 17.2 Å². The Hall–Kier alpha value is -3.52. The molecule has 2 aromatic heterocycles. The zero-order valence-corrected chi connectivity index (χ0v) is 16.6. The molecule has 0 saturated carbocycles. The normalized spacial score (nSPS) is 10.9. The molecule has 2 aromatic carbocycles. The molecule has 0 atom stereocenters. The summed E-state index contributed by atoms with van der Waals surface area (Å²) in [5.41, 5.74) is 1.64. The van der Waals surface area contributed by atoms with Crippen LogP contribution in [0.5, 0.6) is 5.75 Å². The van der Waals surface area contributed by atoms with Gasteiger partial charge in [0.15, 0.2) is 0 Å². The second kappa shape index (κ2) is 8.46. The molecule has 7 nitrogen and oxygen atoms in total. The second-order valence-corrected chi connectivity index (χ2v) is 6.72. The van der Waals surface area contributed by atoms with Gasteiger partial charge in [0.25, 0.3) is 5.56 Å². The Labute approximate surface area is 175 Å². The summed E-state index contributed by atoms with van der Waals surface area (Å²) in [6, 6.07) is 14.6. The third-order valence-corrected chi connectivity index (χ3v) is 4.55. The van der Waals surface area contributed by atoms with Gasteiger partial charge in [-0.25, -0.2) is 9.07 Å². The van der Waals surface area contributed by atoms with Gasteiger partial charge < -0.3 is 9.26 Å². The van der Waals surface area contributed by atoms with Crippen LogP contribution in [-0.4, -0.2) is 26.5 Å². The van der Waals surface area contributed by atoms with Crippen LogP contribution in [0, 0.1) is 5.82 Å². The van der Waals surface area contributed by atoms with Crippen molar-refractivity contribution in [2.75, 3.05) is 6.61 Å². The Bertz CT molecular complexity index is 1240. The number of hydrogen-bond acceptors (Lipinski definition) is 6. The molecule has 0 spiro atoms. The SMILES string of the molecule is CCOc1ccc(-c2ccc(=O)n(Cc3nc(-c4ccc(F)c(Cl)c4)no3)n2)cc1. The highest BCUT2D eigenvalue weighted by molar-refractivity contribution is 6.31. The van der Waals surface area contributed by atoms with Gasteiger partial charge in [0.2, 0.25) is 11.7 Å². The van der Waals surface area contributed by atoms with Crippen LogP contribution in [0.2, 0.25) is 5.02 Å². The van der Waals surface area contributed by atoms with Crippen LogP contribution in [0.4, 0.5) is 4.39 Å². The highest BCUT2D eigenvalue weighted by atomic mass is 35.5. The van der Waals surface area contributed by atoms with Gasteiger partial charge in [0.05, 0.1) is 17.3 Å². The summed E-state index contributed by atoms with van der Waals surface area (Å²) in [5, 5.41) is 8.21. The van der Waals surface area contributed by atoms with Gasteiger partial charge in [-0.15, -0.1) is 0 Å².